The van der Waals surface area contributed by atoms with E-state index in [9.17, 15) is 4.79 Å². The summed E-state index contributed by atoms with van der Waals surface area (Å²) < 4.78 is 3.62. The van der Waals surface area contributed by atoms with Crippen molar-refractivity contribution in [3.63, 3.8) is 0 Å². The average Bonchev–Trinajstić information content (AvgIpc) is 3.12. The normalized spacial score (nSPS) is 11.0. The fraction of sp³-hybridized carbons (Fsp3) is 0.312. The van der Waals surface area contributed by atoms with Gasteiger partial charge >= 0.3 is 0 Å². The number of nitrogens with zero attached hydrogens (tertiary/aromatic N) is 4. The van der Waals surface area contributed by atoms with Gasteiger partial charge in [0, 0.05) is 31.7 Å². The molecule has 0 bridgehead atoms. The number of hydrogen-bond donors (Lipinski definition) is 1. The molecule has 22 heavy (non-hydrogen) atoms. The Balaban J connectivity index is 1.73. The number of hydrogen-bond acceptors (Lipinski definition) is 3. The molecule has 0 aliphatic heterocycles. The Morgan fingerprint density at radius 1 is 1.36 bits per heavy atom. The van der Waals surface area contributed by atoms with E-state index in [0.717, 1.165) is 29.7 Å². The van der Waals surface area contributed by atoms with E-state index in [1.807, 2.05) is 42.2 Å². The zero-order valence-electron chi connectivity index (χ0n) is 12.8. The lowest BCUT2D eigenvalue weighted by molar-refractivity contribution is 0.0950. The van der Waals surface area contributed by atoms with Crippen LogP contribution in [0.1, 0.15) is 35.0 Å². The minimum atomic E-state index is -0.0960. The maximum Gasteiger partial charge on any atom is 0.255 e. The molecule has 6 nitrogen and oxygen atoms in total. The van der Waals surface area contributed by atoms with Crippen LogP contribution in [0.3, 0.4) is 0 Å². The first-order chi connectivity index (χ1) is 10.7. The molecule has 0 atom stereocenters. The number of carbonyl (C=O) groups excluding carboxylic acids is 1. The van der Waals surface area contributed by atoms with Gasteiger partial charge in [-0.2, -0.15) is 10.2 Å². The standard InChI is InChI=1S/C16H19N5O/c1-3-8-20-11-14(12(2)19-20)16(22)17-10-13-5-4-9-21-15(13)6-7-18-21/h4-7,9,11H,3,8,10H2,1-2H3,(H,17,22). The molecule has 6 heteroatoms. The van der Waals surface area contributed by atoms with Gasteiger partial charge in [0.2, 0.25) is 0 Å². The van der Waals surface area contributed by atoms with Gasteiger partial charge in [0.25, 0.3) is 5.91 Å². The molecule has 3 heterocycles. The van der Waals surface area contributed by atoms with Crippen molar-refractivity contribution >= 4 is 11.4 Å². The first kappa shape index (κ1) is 14.3. The van der Waals surface area contributed by atoms with E-state index in [0.29, 0.717) is 12.1 Å². The first-order valence-corrected chi connectivity index (χ1v) is 7.42. The van der Waals surface area contributed by atoms with Crippen molar-refractivity contribution in [1.29, 1.82) is 0 Å². The predicted octanol–water partition coefficient (Wildman–Crippen LogP) is 2.18. The monoisotopic (exact) mass is 297 g/mol. The second-order valence-electron chi connectivity index (χ2n) is 5.27. The van der Waals surface area contributed by atoms with Crippen LogP contribution in [0.15, 0.2) is 36.8 Å². The van der Waals surface area contributed by atoms with E-state index in [-0.39, 0.29) is 5.91 Å². The third-order valence-corrected chi connectivity index (χ3v) is 3.61. The highest BCUT2D eigenvalue weighted by molar-refractivity contribution is 5.95. The van der Waals surface area contributed by atoms with Crippen LogP contribution in [0.2, 0.25) is 0 Å². The van der Waals surface area contributed by atoms with Gasteiger partial charge in [-0.25, -0.2) is 4.52 Å². The first-order valence-electron chi connectivity index (χ1n) is 7.42. The SMILES string of the molecule is CCCn1cc(C(=O)NCc2cccn3nccc23)c(C)n1. The summed E-state index contributed by atoms with van der Waals surface area (Å²) in [6.07, 6.45) is 6.44. The molecule has 0 unspecified atom stereocenters. The number of rotatable bonds is 5. The van der Waals surface area contributed by atoms with Gasteiger partial charge in [-0.1, -0.05) is 13.0 Å². The molecule has 0 saturated carbocycles. The molecule has 3 aromatic rings. The molecule has 0 spiro atoms. The zero-order valence-corrected chi connectivity index (χ0v) is 12.8. The van der Waals surface area contributed by atoms with Crippen LogP contribution in [0, 0.1) is 6.92 Å². The summed E-state index contributed by atoms with van der Waals surface area (Å²) in [5.41, 5.74) is 3.43. The van der Waals surface area contributed by atoms with Crippen LogP contribution in [-0.4, -0.2) is 25.3 Å². The average molecular weight is 297 g/mol. The fourth-order valence-electron chi connectivity index (χ4n) is 2.52. The van der Waals surface area contributed by atoms with Crippen LogP contribution < -0.4 is 5.32 Å². The molecule has 0 fully saturated rings. The molecule has 0 aliphatic carbocycles. The number of fused-ring (bicyclic) bond motifs is 1. The molecular weight excluding hydrogens is 278 g/mol. The zero-order chi connectivity index (χ0) is 15.5. The number of nitrogens with one attached hydrogen (secondary N) is 1. The van der Waals surface area contributed by atoms with Crippen molar-refractivity contribution in [3.05, 3.63) is 53.6 Å². The Morgan fingerprint density at radius 3 is 3.05 bits per heavy atom. The maximum absolute atomic E-state index is 12.3. The van der Waals surface area contributed by atoms with Gasteiger partial charge in [-0.3, -0.25) is 9.48 Å². The maximum atomic E-state index is 12.3. The largest absolute Gasteiger partial charge is 0.348 e. The van der Waals surface area contributed by atoms with Gasteiger partial charge in [0.1, 0.15) is 0 Å². The van der Waals surface area contributed by atoms with E-state index in [1.165, 1.54) is 0 Å². The molecule has 0 saturated heterocycles. The van der Waals surface area contributed by atoms with Gasteiger partial charge in [0.05, 0.1) is 16.8 Å². The van der Waals surface area contributed by atoms with E-state index >= 15 is 0 Å². The van der Waals surface area contributed by atoms with Crippen molar-refractivity contribution in [2.45, 2.75) is 33.4 Å². The van der Waals surface area contributed by atoms with Crippen LogP contribution in [-0.2, 0) is 13.1 Å². The molecule has 3 aromatic heterocycles. The molecule has 0 aliphatic rings. The van der Waals surface area contributed by atoms with E-state index < -0.39 is 0 Å². The lowest BCUT2D eigenvalue weighted by Crippen LogP contribution is -2.23. The topological polar surface area (TPSA) is 64.2 Å². The Morgan fingerprint density at radius 2 is 2.23 bits per heavy atom. The second-order valence-corrected chi connectivity index (χ2v) is 5.27. The van der Waals surface area contributed by atoms with Crippen molar-refractivity contribution in [1.82, 2.24) is 24.7 Å². The van der Waals surface area contributed by atoms with Crippen molar-refractivity contribution in [3.8, 4) is 0 Å². The van der Waals surface area contributed by atoms with E-state index in [1.54, 1.807) is 10.7 Å². The van der Waals surface area contributed by atoms with Gasteiger partial charge in [-0.05, 0) is 31.0 Å². The highest BCUT2D eigenvalue weighted by Crippen LogP contribution is 2.11. The molecule has 0 radical (unpaired) electrons. The summed E-state index contributed by atoms with van der Waals surface area (Å²) in [6, 6.07) is 5.85. The summed E-state index contributed by atoms with van der Waals surface area (Å²) in [6.45, 7) is 5.23. The van der Waals surface area contributed by atoms with Crippen molar-refractivity contribution in [2.24, 2.45) is 0 Å². The molecular formula is C16H19N5O. The minimum absolute atomic E-state index is 0.0960. The fourth-order valence-corrected chi connectivity index (χ4v) is 2.52. The van der Waals surface area contributed by atoms with Crippen molar-refractivity contribution < 1.29 is 4.79 Å². The Kier molecular flexibility index (Phi) is 3.91. The smallest absolute Gasteiger partial charge is 0.255 e. The quantitative estimate of drug-likeness (QED) is 0.785. The van der Waals surface area contributed by atoms with E-state index in [4.69, 9.17) is 0 Å². The second kappa shape index (κ2) is 6.01. The lowest BCUT2D eigenvalue weighted by atomic mass is 10.2. The van der Waals surface area contributed by atoms with Crippen LogP contribution in [0.25, 0.3) is 5.52 Å². The van der Waals surface area contributed by atoms with Gasteiger partial charge < -0.3 is 5.32 Å². The Bertz CT molecular complexity index is 802. The van der Waals surface area contributed by atoms with Crippen LogP contribution >= 0.6 is 0 Å². The van der Waals surface area contributed by atoms with E-state index in [2.05, 4.69) is 22.4 Å². The third-order valence-electron chi connectivity index (χ3n) is 3.61. The molecule has 114 valence electrons. The molecule has 1 N–H and O–H groups in total. The van der Waals surface area contributed by atoms with Crippen molar-refractivity contribution in [2.75, 3.05) is 0 Å². The highest BCUT2D eigenvalue weighted by atomic mass is 16.1. The van der Waals surface area contributed by atoms with Gasteiger partial charge in [-0.15, -0.1) is 0 Å². The summed E-state index contributed by atoms with van der Waals surface area (Å²) in [5, 5.41) is 11.5. The summed E-state index contributed by atoms with van der Waals surface area (Å²) >= 11 is 0. The third kappa shape index (κ3) is 2.72. The lowest BCUT2D eigenvalue weighted by Gasteiger charge is -2.06. The molecule has 1 amide bonds. The Hall–Kier alpha value is -2.63. The predicted molar refractivity (Wildman–Crippen MR) is 83.6 cm³/mol. The summed E-state index contributed by atoms with van der Waals surface area (Å²) in [4.78, 5) is 12.3. The summed E-state index contributed by atoms with van der Waals surface area (Å²) in [7, 11) is 0. The Labute approximate surface area is 128 Å². The van der Waals surface area contributed by atoms with Crippen LogP contribution in [0.5, 0.6) is 0 Å². The minimum Gasteiger partial charge on any atom is -0.348 e. The number of carbonyl (C=O) groups is 1. The number of pyridine rings is 1. The number of aryl methyl sites for hydroxylation is 2. The summed E-state index contributed by atoms with van der Waals surface area (Å²) in [5.74, 6) is -0.0960. The van der Waals surface area contributed by atoms with Gasteiger partial charge in [0.15, 0.2) is 0 Å². The van der Waals surface area contributed by atoms with Crippen LogP contribution in [0.4, 0.5) is 0 Å². The molecule has 3 rings (SSSR count). The molecule has 0 aromatic carbocycles. The number of aromatic nitrogens is 4. The number of amides is 1. The highest BCUT2D eigenvalue weighted by Gasteiger charge is 2.13.